The molecule has 0 spiro atoms. The summed E-state index contributed by atoms with van der Waals surface area (Å²) in [5, 5.41) is 2.50. The van der Waals surface area contributed by atoms with Crippen LogP contribution < -0.4 is 25.6 Å². The maximum atomic E-state index is 12.2. The van der Waals surface area contributed by atoms with Crippen LogP contribution in [0.25, 0.3) is 6.08 Å². The molecule has 156 valence electrons. The van der Waals surface area contributed by atoms with Gasteiger partial charge >= 0.3 is 0 Å². The van der Waals surface area contributed by atoms with Gasteiger partial charge in [0, 0.05) is 12.0 Å². The van der Waals surface area contributed by atoms with E-state index in [4.69, 9.17) is 21.7 Å². The van der Waals surface area contributed by atoms with Gasteiger partial charge in [-0.05, 0) is 53.9 Å². The Balaban J connectivity index is 1.43. The van der Waals surface area contributed by atoms with E-state index in [1.165, 1.54) is 6.08 Å². The number of amides is 2. The lowest BCUT2D eigenvalue weighted by Crippen LogP contribution is -2.48. The van der Waals surface area contributed by atoms with E-state index in [0.717, 1.165) is 17.5 Å². The number of carbonyl (C=O) groups is 2. The molecule has 1 aliphatic carbocycles. The first-order valence-corrected chi connectivity index (χ1v) is 9.78. The molecule has 1 fully saturated rings. The summed E-state index contributed by atoms with van der Waals surface area (Å²) in [7, 11) is 3.10. The van der Waals surface area contributed by atoms with Crippen molar-refractivity contribution in [2.24, 2.45) is 5.92 Å². The summed E-state index contributed by atoms with van der Waals surface area (Å²) in [6.07, 6.45) is 3.75. The predicted molar refractivity (Wildman–Crippen MR) is 118 cm³/mol. The van der Waals surface area contributed by atoms with E-state index in [1.807, 2.05) is 30.3 Å². The topological polar surface area (TPSA) is 88.7 Å². The third-order valence-corrected chi connectivity index (χ3v) is 4.93. The summed E-state index contributed by atoms with van der Waals surface area (Å²) in [5.74, 6) is 0.717. The SMILES string of the molecule is COc1ccc(C=CC(=O)NC(=S)NNC(=O)[C@H]2C[C@@H]2c2ccccc2)cc1OC. The average Bonchev–Trinajstić information content (AvgIpc) is 3.57. The van der Waals surface area contributed by atoms with Crippen molar-refractivity contribution in [2.45, 2.75) is 12.3 Å². The van der Waals surface area contributed by atoms with Crippen LogP contribution in [0.1, 0.15) is 23.5 Å². The molecule has 1 aliphatic rings. The number of carbonyl (C=O) groups excluding carboxylic acids is 2. The second kappa shape index (κ2) is 9.89. The second-order valence-corrected chi connectivity index (χ2v) is 7.15. The lowest BCUT2D eigenvalue weighted by atomic mass is 10.1. The fraction of sp³-hybridized carbons (Fsp3) is 0.227. The first-order valence-electron chi connectivity index (χ1n) is 9.37. The number of hydrogen-bond acceptors (Lipinski definition) is 5. The highest BCUT2D eigenvalue weighted by molar-refractivity contribution is 7.80. The van der Waals surface area contributed by atoms with Crippen LogP contribution in [-0.2, 0) is 9.59 Å². The van der Waals surface area contributed by atoms with Crippen LogP contribution in [0.3, 0.4) is 0 Å². The predicted octanol–water partition coefficient (Wildman–Crippen LogP) is 2.54. The van der Waals surface area contributed by atoms with Crippen molar-refractivity contribution in [3.05, 3.63) is 65.7 Å². The van der Waals surface area contributed by atoms with Crippen LogP contribution in [0, 0.1) is 5.92 Å². The van der Waals surface area contributed by atoms with Gasteiger partial charge in [0.05, 0.1) is 14.2 Å². The third-order valence-electron chi connectivity index (χ3n) is 4.73. The molecular formula is C22H23N3O4S. The lowest BCUT2D eigenvalue weighted by molar-refractivity contribution is -0.123. The Morgan fingerprint density at radius 2 is 1.77 bits per heavy atom. The van der Waals surface area contributed by atoms with E-state index in [0.29, 0.717) is 11.5 Å². The van der Waals surface area contributed by atoms with Gasteiger partial charge in [0.25, 0.3) is 0 Å². The quantitative estimate of drug-likeness (QED) is 0.375. The van der Waals surface area contributed by atoms with Crippen LogP contribution in [0.15, 0.2) is 54.6 Å². The minimum atomic E-state index is -0.426. The van der Waals surface area contributed by atoms with Crippen LogP contribution in [-0.4, -0.2) is 31.1 Å². The van der Waals surface area contributed by atoms with Crippen LogP contribution >= 0.6 is 12.2 Å². The Morgan fingerprint density at radius 3 is 2.47 bits per heavy atom. The molecule has 2 aromatic carbocycles. The maximum absolute atomic E-state index is 12.2. The monoisotopic (exact) mass is 425 g/mol. The van der Waals surface area contributed by atoms with E-state index in [9.17, 15) is 9.59 Å². The van der Waals surface area contributed by atoms with Gasteiger partial charge in [-0.25, -0.2) is 0 Å². The largest absolute Gasteiger partial charge is 0.493 e. The zero-order valence-electron chi connectivity index (χ0n) is 16.7. The molecule has 1 saturated carbocycles. The Hall–Kier alpha value is -3.39. The van der Waals surface area contributed by atoms with Gasteiger partial charge in [-0.15, -0.1) is 0 Å². The molecule has 3 N–H and O–H groups in total. The highest BCUT2D eigenvalue weighted by Gasteiger charge is 2.43. The third kappa shape index (κ3) is 5.57. The number of hydrazine groups is 1. The molecule has 0 saturated heterocycles. The zero-order valence-corrected chi connectivity index (χ0v) is 17.5. The van der Waals surface area contributed by atoms with Crippen molar-refractivity contribution in [3.8, 4) is 11.5 Å². The number of nitrogens with one attached hydrogen (secondary N) is 3. The first-order chi connectivity index (χ1) is 14.5. The molecule has 7 nitrogen and oxygen atoms in total. The van der Waals surface area contributed by atoms with Crippen LogP contribution in [0.5, 0.6) is 11.5 Å². The number of rotatable bonds is 6. The molecule has 30 heavy (non-hydrogen) atoms. The zero-order chi connectivity index (χ0) is 21.5. The minimum Gasteiger partial charge on any atom is -0.493 e. The Kier molecular flexibility index (Phi) is 7.03. The number of methoxy groups -OCH3 is 2. The van der Waals surface area contributed by atoms with Gasteiger partial charge in [-0.1, -0.05) is 36.4 Å². The Morgan fingerprint density at radius 1 is 1.03 bits per heavy atom. The molecule has 0 unspecified atom stereocenters. The molecule has 8 heteroatoms. The van der Waals surface area contributed by atoms with Crippen molar-refractivity contribution >= 4 is 35.2 Å². The molecule has 2 aromatic rings. The van der Waals surface area contributed by atoms with Crippen molar-refractivity contribution < 1.29 is 19.1 Å². The fourth-order valence-corrected chi connectivity index (χ4v) is 3.23. The first kappa shape index (κ1) is 21.3. The van der Waals surface area contributed by atoms with E-state index in [2.05, 4.69) is 16.2 Å². The molecule has 2 amide bonds. The summed E-state index contributed by atoms with van der Waals surface area (Å²) in [6, 6.07) is 15.2. The van der Waals surface area contributed by atoms with Gasteiger partial charge < -0.3 is 9.47 Å². The second-order valence-electron chi connectivity index (χ2n) is 6.74. The summed E-state index contributed by atoms with van der Waals surface area (Å²) in [4.78, 5) is 24.3. The molecule has 0 heterocycles. The fourth-order valence-electron chi connectivity index (χ4n) is 3.08. The highest BCUT2D eigenvalue weighted by Crippen LogP contribution is 2.47. The van der Waals surface area contributed by atoms with Crippen molar-refractivity contribution in [3.63, 3.8) is 0 Å². The number of ether oxygens (including phenoxy) is 2. The summed E-state index contributed by atoms with van der Waals surface area (Å²) in [5.41, 5.74) is 7.03. The molecule has 0 bridgehead atoms. The standard InChI is InChI=1S/C22H23N3O4S/c1-28-18-10-8-14(12-19(18)29-2)9-11-20(26)23-22(30)25-24-21(27)17-13-16(17)15-6-4-3-5-7-15/h3-12,16-17H,13H2,1-2H3,(H,24,27)(H2,23,25,26,30)/t16-,17+/m1/s1. The lowest BCUT2D eigenvalue weighted by Gasteiger charge is -2.10. The van der Waals surface area contributed by atoms with E-state index >= 15 is 0 Å². The highest BCUT2D eigenvalue weighted by atomic mass is 32.1. The van der Waals surface area contributed by atoms with Gasteiger partial charge in [0.15, 0.2) is 16.6 Å². The van der Waals surface area contributed by atoms with E-state index in [-0.39, 0.29) is 22.9 Å². The van der Waals surface area contributed by atoms with E-state index in [1.54, 1.807) is 38.5 Å². The smallest absolute Gasteiger partial charge is 0.250 e. The minimum absolute atomic E-state index is 0.0159. The van der Waals surface area contributed by atoms with Crippen molar-refractivity contribution in [2.75, 3.05) is 14.2 Å². The normalized spacial score (nSPS) is 17.1. The van der Waals surface area contributed by atoms with Gasteiger partial charge in [0.1, 0.15) is 0 Å². The molecule has 3 rings (SSSR count). The summed E-state index contributed by atoms with van der Waals surface area (Å²) >= 11 is 5.05. The molecule has 0 aromatic heterocycles. The van der Waals surface area contributed by atoms with Gasteiger partial charge in [0.2, 0.25) is 11.8 Å². The summed E-state index contributed by atoms with van der Waals surface area (Å²) in [6.45, 7) is 0. The number of hydrogen-bond donors (Lipinski definition) is 3. The summed E-state index contributed by atoms with van der Waals surface area (Å²) < 4.78 is 10.4. The Labute approximate surface area is 180 Å². The van der Waals surface area contributed by atoms with Gasteiger partial charge in [-0.3, -0.25) is 25.8 Å². The molecule has 0 radical (unpaired) electrons. The van der Waals surface area contributed by atoms with E-state index < -0.39 is 5.91 Å². The Bertz CT molecular complexity index is 962. The van der Waals surface area contributed by atoms with Crippen LogP contribution in [0.4, 0.5) is 0 Å². The number of thiocarbonyl (C=S) groups is 1. The molecule has 2 atom stereocenters. The maximum Gasteiger partial charge on any atom is 0.250 e. The van der Waals surface area contributed by atoms with Crippen molar-refractivity contribution in [1.82, 2.24) is 16.2 Å². The number of benzene rings is 2. The van der Waals surface area contributed by atoms with Crippen LogP contribution in [0.2, 0.25) is 0 Å². The van der Waals surface area contributed by atoms with Gasteiger partial charge in [-0.2, -0.15) is 0 Å². The molecular weight excluding hydrogens is 402 g/mol. The average molecular weight is 426 g/mol. The molecule has 0 aliphatic heterocycles. The van der Waals surface area contributed by atoms with Crippen molar-refractivity contribution in [1.29, 1.82) is 0 Å².